The first-order chi connectivity index (χ1) is 11.1. The minimum Gasteiger partial charge on any atom is -0.465 e. The zero-order chi connectivity index (χ0) is 17.3. The van der Waals surface area contributed by atoms with Crippen LogP contribution in [0.1, 0.15) is 25.8 Å². The number of carbonyl (C=O) groups is 2. The Morgan fingerprint density at radius 1 is 1.04 bits per heavy atom. The number of benzene rings is 1. The Kier molecular flexibility index (Phi) is 13.0. The lowest BCUT2D eigenvalue weighted by atomic mass is 10.1. The van der Waals surface area contributed by atoms with Gasteiger partial charge in [-0.3, -0.25) is 9.59 Å². The predicted molar refractivity (Wildman–Crippen MR) is 86.5 cm³/mol. The standard InChI is InChI=1S/C9H9N.C8H15NO4/c10-8-4-7-9-5-2-1-3-6-9;1-7(10)12-5-3-9-4-6-13-8(2)11/h1-3,5-6H,4,7H2;9H,3-6H2,1-2H3. The number of aryl methyl sites for hydroxylation is 1. The molecule has 1 N–H and O–H groups in total. The fraction of sp³-hybridized carbons (Fsp3) is 0.471. The SMILES string of the molecule is CC(=O)OCCNCCOC(C)=O.N#CCCc1ccccc1. The molecule has 0 atom stereocenters. The molecule has 0 saturated carbocycles. The molecule has 6 nitrogen and oxygen atoms in total. The zero-order valence-corrected chi connectivity index (χ0v) is 13.7. The van der Waals surface area contributed by atoms with E-state index in [1.807, 2.05) is 30.3 Å². The van der Waals surface area contributed by atoms with Gasteiger partial charge in [0.2, 0.25) is 0 Å². The minimum absolute atomic E-state index is 0.290. The summed E-state index contributed by atoms with van der Waals surface area (Å²) < 4.78 is 9.32. The van der Waals surface area contributed by atoms with Crippen molar-refractivity contribution in [1.29, 1.82) is 5.26 Å². The van der Waals surface area contributed by atoms with Crippen LogP contribution >= 0.6 is 0 Å². The quantitative estimate of drug-likeness (QED) is 0.581. The van der Waals surface area contributed by atoms with Crippen molar-refractivity contribution in [3.8, 4) is 6.07 Å². The summed E-state index contributed by atoms with van der Waals surface area (Å²) in [6.45, 7) is 4.55. The molecule has 1 aromatic rings. The van der Waals surface area contributed by atoms with Crippen molar-refractivity contribution in [3.05, 3.63) is 35.9 Å². The maximum Gasteiger partial charge on any atom is 0.302 e. The van der Waals surface area contributed by atoms with E-state index in [0.29, 0.717) is 32.7 Å². The predicted octanol–water partition coefficient (Wildman–Crippen LogP) is 1.84. The third kappa shape index (κ3) is 15.8. The summed E-state index contributed by atoms with van der Waals surface area (Å²) in [5, 5.41) is 11.2. The van der Waals surface area contributed by atoms with Crippen molar-refractivity contribution in [2.24, 2.45) is 0 Å². The van der Waals surface area contributed by atoms with E-state index >= 15 is 0 Å². The van der Waals surface area contributed by atoms with Crippen LogP contribution in [0, 0.1) is 11.3 Å². The molecule has 0 aromatic heterocycles. The molecule has 23 heavy (non-hydrogen) atoms. The van der Waals surface area contributed by atoms with Crippen molar-refractivity contribution in [1.82, 2.24) is 5.32 Å². The van der Waals surface area contributed by atoms with Crippen LogP contribution in [0.4, 0.5) is 0 Å². The van der Waals surface area contributed by atoms with Crippen molar-refractivity contribution < 1.29 is 19.1 Å². The van der Waals surface area contributed by atoms with Gasteiger partial charge >= 0.3 is 11.9 Å². The van der Waals surface area contributed by atoms with Gasteiger partial charge in [-0.05, 0) is 12.0 Å². The molecule has 0 spiro atoms. The number of hydrogen-bond acceptors (Lipinski definition) is 6. The molecule has 0 aliphatic carbocycles. The van der Waals surface area contributed by atoms with E-state index in [2.05, 4.69) is 20.9 Å². The molecule has 0 amide bonds. The molecule has 0 heterocycles. The molecule has 0 saturated heterocycles. The van der Waals surface area contributed by atoms with Crippen LogP contribution in [-0.2, 0) is 25.5 Å². The van der Waals surface area contributed by atoms with E-state index in [1.54, 1.807) is 0 Å². The maximum atomic E-state index is 10.3. The Bertz CT molecular complexity index is 465. The lowest BCUT2D eigenvalue weighted by Crippen LogP contribution is -2.25. The number of esters is 2. The monoisotopic (exact) mass is 320 g/mol. The van der Waals surface area contributed by atoms with Crippen molar-refractivity contribution in [2.75, 3.05) is 26.3 Å². The smallest absolute Gasteiger partial charge is 0.302 e. The molecule has 0 unspecified atom stereocenters. The van der Waals surface area contributed by atoms with E-state index in [-0.39, 0.29) is 11.9 Å². The Hall–Kier alpha value is -2.39. The Labute approximate surface area is 137 Å². The van der Waals surface area contributed by atoms with Crippen LogP contribution in [0.25, 0.3) is 0 Å². The highest BCUT2D eigenvalue weighted by molar-refractivity contribution is 5.66. The third-order valence-electron chi connectivity index (χ3n) is 2.54. The van der Waals surface area contributed by atoms with Gasteiger partial charge in [-0.2, -0.15) is 5.26 Å². The topological polar surface area (TPSA) is 88.4 Å². The fourth-order valence-corrected chi connectivity index (χ4v) is 1.50. The lowest BCUT2D eigenvalue weighted by Gasteiger charge is -2.04. The lowest BCUT2D eigenvalue weighted by molar-refractivity contribution is -0.141. The second kappa shape index (κ2) is 14.5. The number of nitrogens with zero attached hydrogens (tertiary/aromatic N) is 1. The molecule has 0 radical (unpaired) electrons. The highest BCUT2D eigenvalue weighted by Gasteiger charge is 1.93. The molecule has 0 aliphatic rings. The van der Waals surface area contributed by atoms with Gasteiger partial charge in [0, 0.05) is 33.4 Å². The number of nitrogens with one attached hydrogen (secondary N) is 1. The maximum absolute atomic E-state index is 10.3. The molecule has 0 fully saturated rings. The first kappa shape index (κ1) is 20.6. The van der Waals surface area contributed by atoms with Crippen LogP contribution in [-0.4, -0.2) is 38.2 Å². The van der Waals surface area contributed by atoms with Crippen LogP contribution in [0.3, 0.4) is 0 Å². The molecular weight excluding hydrogens is 296 g/mol. The highest BCUT2D eigenvalue weighted by atomic mass is 16.5. The Balaban J connectivity index is 0.000000433. The van der Waals surface area contributed by atoms with Gasteiger partial charge in [-0.25, -0.2) is 0 Å². The molecule has 0 aliphatic heterocycles. The van der Waals surface area contributed by atoms with Crippen LogP contribution in [0.2, 0.25) is 0 Å². The van der Waals surface area contributed by atoms with Crippen molar-refractivity contribution >= 4 is 11.9 Å². The molecule has 1 rings (SSSR count). The molecule has 1 aromatic carbocycles. The summed E-state index contributed by atoms with van der Waals surface area (Å²) in [7, 11) is 0. The first-order valence-electron chi connectivity index (χ1n) is 7.44. The van der Waals surface area contributed by atoms with E-state index < -0.39 is 0 Å². The van der Waals surface area contributed by atoms with Gasteiger partial charge in [0.25, 0.3) is 0 Å². The average molecular weight is 320 g/mol. The number of carbonyl (C=O) groups excluding carboxylic acids is 2. The number of ether oxygens (including phenoxy) is 2. The van der Waals surface area contributed by atoms with Gasteiger partial charge in [0.15, 0.2) is 0 Å². The molecule has 6 heteroatoms. The van der Waals surface area contributed by atoms with Crippen LogP contribution in [0.5, 0.6) is 0 Å². The third-order valence-corrected chi connectivity index (χ3v) is 2.54. The number of hydrogen-bond donors (Lipinski definition) is 1. The van der Waals surface area contributed by atoms with E-state index in [1.165, 1.54) is 19.4 Å². The summed E-state index contributed by atoms with van der Waals surface area (Å²) in [4.78, 5) is 20.6. The molecule has 0 bridgehead atoms. The minimum atomic E-state index is -0.290. The van der Waals surface area contributed by atoms with Gasteiger partial charge in [-0.1, -0.05) is 30.3 Å². The fourth-order valence-electron chi connectivity index (χ4n) is 1.50. The van der Waals surface area contributed by atoms with E-state index in [4.69, 9.17) is 5.26 Å². The summed E-state index contributed by atoms with van der Waals surface area (Å²) in [5.41, 5.74) is 1.24. The highest BCUT2D eigenvalue weighted by Crippen LogP contribution is 2.00. The van der Waals surface area contributed by atoms with Gasteiger partial charge < -0.3 is 14.8 Å². The Morgan fingerprint density at radius 3 is 2.00 bits per heavy atom. The second-order valence-electron chi connectivity index (χ2n) is 4.57. The first-order valence-corrected chi connectivity index (χ1v) is 7.44. The van der Waals surface area contributed by atoms with Gasteiger partial charge in [0.05, 0.1) is 6.07 Å². The van der Waals surface area contributed by atoms with Crippen LogP contribution in [0.15, 0.2) is 30.3 Å². The normalized spacial score (nSPS) is 9.09. The van der Waals surface area contributed by atoms with Crippen molar-refractivity contribution in [2.45, 2.75) is 26.7 Å². The number of nitriles is 1. The molecular formula is C17H24N2O4. The summed E-state index contributed by atoms with van der Waals surface area (Å²) >= 11 is 0. The second-order valence-corrected chi connectivity index (χ2v) is 4.57. The average Bonchev–Trinajstić information content (AvgIpc) is 2.53. The van der Waals surface area contributed by atoms with E-state index in [0.717, 1.165) is 6.42 Å². The van der Waals surface area contributed by atoms with Crippen LogP contribution < -0.4 is 5.32 Å². The van der Waals surface area contributed by atoms with Gasteiger partial charge in [-0.15, -0.1) is 0 Å². The summed E-state index contributed by atoms with van der Waals surface area (Å²) in [6, 6.07) is 12.2. The van der Waals surface area contributed by atoms with E-state index in [9.17, 15) is 9.59 Å². The largest absolute Gasteiger partial charge is 0.465 e. The zero-order valence-electron chi connectivity index (χ0n) is 13.7. The Morgan fingerprint density at radius 2 is 1.57 bits per heavy atom. The van der Waals surface area contributed by atoms with Crippen molar-refractivity contribution in [3.63, 3.8) is 0 Å². The number of rotatable bonds is 8. The molecule has 126 valence electrons. The van der Waals surface area contributed by atoms with Gasteiger partial charge in [0.1, 0.15) is 13.2 Å². The summed E-state index contributed by atoms with van der Waals surface area (Å²) in [6.07, 6.45) is 1.49. The summed E-state index contributed by atoms with van der Waals surface area (Å²) in [5.74, 6) is -0.580.